The van der Waals surface area contributed by atoms with E-state index in [1.165, 1.54) is 6.92 Å². The highest BCUT2D eigenvalue weighted by molar-refractivity contribution is 14.1. The monoisotopic (exact) mass is 292 g/mol. The van der Waals surface area contributed by atoms with Crippen molar-refractivity contribution in [2.45, 2.75) is 13.8 Å². The molecule has 0 heterocycles. The number of benzene rings is 1. The Morgan fingerprint density at radius 1 is 1.54 bits per heavy atom. The lowest BCUT2D eigenvalue weighted by molar-refractivity contribution is 0.101. The first-order valence-corrected chi connectivity index (χ1v) is 4.58. The molecular formula is C9H9IO3. The molecule has 0 unspecified atom stereocenters. The fourth-order valence-corrected chi connectivity index (χ4v) is 1.61. The summed E-state index contributed by atoms with van der Waals surface area (Å²) < 4.78 is 4.93. The first kappa shape index (κ1) is 10.3. The quantitative estimate of drug-likeness (QED) is 0.673. The summed E-state index contributed by atoms with van der Waals surface area (Å²) in [5.41, 5.74) is 1.09. The second-order valence-electron chi connectivity index (χ2n) is 2.74. The number of aryl methyl sites for hydroxylation is 1. The number of halogens is 1. The number of rotatable bonds is 2. The van der Waals surface area contributed by atoms with Gasteiger partial charge in [-0.05, 0) is 25.5 Å². The van der Waals surface area contributed by atoms with Gasteiger partial charge in [0, 0.05) is 0 Å². The normalized spacial score (nSPS) is 9.77. The third-order valence-electron chi connectivity index (χ3n) is 1.78. The van der Waals surface area contributed by atoms with E-state index in [2.05, 4.69) is 0 Å². The molecule has 0 aliphatic heterocycles. The van der Waals surface area contributed by atoms with E-state index in [1.54, 1.807) is 42.1 Å². The highest BCUT2D eigenvalue weighted by Crippen LogP contribution is 2.34. The summed E-state index contributed by atoms with van der Waals surface area (Å²) in [4.78, 5) is 11.0. The lowest BCUT2D eigenvalue weighted by Crippen LogP contribution is -1.94. The molecule has 0 saturated carbocycles. The van der Waals surface area contributed by atoms with Gasteiger partial charge in [-0.25, -0.2) is 0 Å². The predicted molar refractivity (Wildman–Crippen MR) is 57.5 cm³/mol. The van der Waals surface area contributed by atoms with Gasteiger partial charge in [-0.3, -0.25) is 4.79 Å². The molecular weight excluding hydrogens is 283 g/mol. The minimum Gasteiger partial charge on any atom is -0.504 e. The standard InChI is InChI=1S/C9H9IO3/c1-5-3-4-7(6(2)11)8(12)9(5)13-10/h3-4,12H,1-2H3. The maximum atomic E-state index is 11.0. The zero-order valence-electron chi connectivity index (χ0n) is 7.30. The Balaban J connectivity index is 3.35. The van der Waals surface area contributed by atoms with E-state index in [4.69, 9.17) is 3.07 Å². The number of carbonyl (C=O) groups is 1. The number of carbonyl (C=O) groups excluding carboxylic acids is 1. The topological polar surface area (TPSA) is 46.5 Å². The SMILES string of the molecule is CC(=O)c1ccc(C)c(OI)c1O. The number of aromatic hydroxyl groups is 1. The summed E-state index contributed by atoms with van der Waals surface area (Å²) in [7, 11) is 0. The second kappa shape index (κ2) is 3.95. The molecule has 0 bridgehead atoms. The van der Waals surface area contributed by atoms with Crippen LogP contribution in [0.5, 0.6) is 11.5 Å². The second-order valence-corrected chi connectivity index (χ2v) is 3.18. The van der Waals surface area contributed by atoms with Gasteiger partial charge in [-0.1, -0.05) is 6.07 Å². The maximum Gasteiger partial charge on any atom is 0.192 e. The Morgan fingerprint density at radius 3 is 2.62 bits per heavy atom. The highest BCUT2D eigenvalue weighted by atomic mass is 127. The van der Waals surface area contributed by atoms with Crippen LogP contribution in [0.4, 0.5) is 0 Å². The molecule has 0 radical (unpaired) electrons. The van der Waals surface area contributed by atoms with E-state index >= 15 is 0 Å². The van der Waals surface area contributed by atoms with Crippen molar-refractivity contribution in [1.82, 2.24) is 0 Å². The van der Waals surface area contributed by atoms with E-state index < -0.39 is 0 Å². The molecule has 3 nitrogen and oxygen atoms in total. The minimum absolute atomic E-state index is 0.0816. The Kier molecular flexibility index (Phi) is 3.13. The summed E-state index contributed by atoms with van der Waals surface area (Å²) in [5, 5.41) is 9.59. The number of ketones is 1. The number of hydrogen-bond acceptors (Lipinski definition) is 3. The molecule has 1 aromatic rings. The Morgan fingerprint density at radius 2 is 2.15 bits per heavy atom. The first-order chi connectivity index (χ1) is 6.07. The summed E-state index contributed by atoms with van der Waals surface area (Å²) in [5.74, 6) is 0.0994. The van der Waals surface area contributed by atoms with E-state index in [-0.39, 0.29) is 17.1 Å². The molecule has 0 saturated heterocycles. The maximum absolute atomic E-state index is 11.0. The van der Waals surface area contributed by atoms with Crippen LogP contribution in [0, 0.1) is 6.92 Å². The first-order valence-electron chi connectivity index (χ1n) is 3.70. The van der Waals surface area contributed by atoms with Crippen molar-refractivity contribution < 1.29 is 13.0 Å². The largest absolute Gasteiger partial charge is 0.504 e. The number of hydrogen-bond donors (Lipinski definition) is 1. The molecule has 0 aliphatic carbocycles. The summed E-state index contributed by atoms with van der Waals surface area (Å²) in [6.07, 6.45) is 0. The third kappa shape index (κ3) is 1.93. The molecule has 0 amide bonds. The van der Waals surface area contributed by atoms with Gasteiger partial charge < -0.3 is 8.17 Å². The van der Waals surface area contributed by atoms with Gasteiger partial charge in [-0.2, -0.15) is 0 Å². The average Bonchev–Trinajstić information content (AvgIpc) is 2.04. The van der Waals surface area contributed by atoms with Gasteiger partial charge in [0.2, 0.25) is 0 Å². The van der Waals surface area contributed by atoms with Gasteiger partial charge >= 0.3 is 0 Å². The molecule has 0 aliphatic rings. The van der Waals surface area contributed by atoms with Crippen molar-refractivity contribution in [3.05, 3.63) is 23.3 Å². The van der Waals surface area contributed by atoms with Crippen LogP contribution in [-0.4, -0.2) is 10.9 Å². The molecule has 1 N–H and O–H groups in total. The van der Waals surface area contributed by atoms with Crippen molar-refractivity contribution >= 4 is 28.8 Å². The molecule has 13 heavy (non-hydrogen) atoms. The van der Waals surface area contributed by atoms with Crippen LogP contribution < -0.4 is 3.07 Å². The summed E-state index contributed by atoms with van der Waals surface area (Å²) in [6.45, 7) is 3.21. The van der Waals surface area contributed by atoms with Crippen LogP contribution in [0.3, 0.4) is 0 Å². The van der Waals surface area contributed by atoms with Crippen molar-refractivity contribution in [2.24, 2.45) is 0 Å². The molecule has 70 valence electrons. The zero-order valence-corrected chi connectivity index (χ0v) is 9.45. The van der Waals surface area contributed by atoms with Gasteiger partial charge in [0.25, 0.3) is 0 Å². The van der Waals surface area contributed by atoms with Crippen molar-refractivity contribution in [2.75, 3.05) is 0 Å². The highest BCUT2D eigenvalue weighted by Gasteiger charge is 2.13. The molecule has 1 aromatic carbocycles. The molecule has 4 heteroatoms. The molecule has 1 rings (SSSR count). The Hall–Kier alpha value is -0.780. The average molecular weight is 292 g/mol. The minimum atomic E-state index is -0.174. The summed E-state index contributed by atoms with van der Waals surface area (Å²) >= 11 is 1.67. The smallest absolute Gasteiger partial charge is 0.192 e. The fourth-order valence-electron chi connectivity index (χ4n) is 1.05. The van der Waals surface area contributed by atoms with Crippen molar-refractivity contribution in [3.63, 3.8) is 0 Å². The molecule has 0 aromatic heterocycles. The van der Waals surface area contributed by atoms with Gasteiger partial charge in [0.05, 0.1) is 5.56 Å². The van der Waals surface area contributed by atoms with Crippen molar-refractivity contribution in [3.8, 4) is 11.5 Å². The van der Waals surface area contributed by atoms with Gasteiger partial charge in [0.1, 0.15) is 0 Å². The molecule has 0 fully saturated rings. The van der Waals surface area contributed by atoms with Crippen molar-refractivity contribution in [1.29, 1.82) is 0 Å². The number of phenols is 1. The van der Waals surface area contributed by atoms with E-state index in [9.17, 15) is 9.90 Å². The van der Waals surface area contributed by atoms with E-state index in [0.717, 1.165) is 5.56 Å². The Bertz CT molecular complexity index is 347. The number of phenolic OH excluding ortho intramolecular Hbond substituents is 1. The number of Topliss-reactive ketones (excluding diaryl/α,β-unsaturated/α-hetero) is 1. The van der Waals surface area contributed by atoms with Crippen LogP contribution in [0.2, 0.25) is 0 Å². The lowest BCUT2D eigenvalue weighted by Gasteiger charge is -2.07. The van der Waals surface area contributed by atoms with Crippen LogP contribution in [0.25, 0.3) is 0 Å². The lowest BCUT2D eigenvalue weighted by atomic mass is 10.1. The fraction of sp³-hybridized carbons (Fsp3) is 0.222. The predicted octanol–water partition coefficient (Wildman–Crippen LogP) is 2.63. The molecule has 0 atom stereocenters. The summed E-state index contributed by atoms with van der Waals surface area (Å²) in [6, 6.07) is 3.33. The van der Waals surface area contributed by atoms with Crippen LogP contribution in [0.15, 0.2) is 12.1 Å². The van der Waals surface area contributed by atoms with Crippen LogP contribution >= 0.6 is 23.0 Å². The van der Waals surface area contributed by atoms with Gasteiger partial charge in [0.15, 0.2) is 40.3 Å². The van der Waals surface area contributed by atoms with Crippen LogP contribution in [0.1, 0.15) is 22.8 Å². The zero-order chi connectivity index (χ0) is 10.0. The van der Waals surface area contributed by atoms with Gasteiger partial charge in [-0.15, -0.1) is 0 Å². The molecule has 0 spiro atoms. The van der Waals surface area contributed by atoms with E-state index in [1.807, 2.05) is 0 Å². The third-order valence-corrected chi connectivity index (χ3v) is 2.23. The van der Waals surface area contributed by atoms with E-state index in [0.29, 0.717) is 5.75 Å². The Labute approximate surface area is 90.4 Å². The van der Waals surface area contributed by atoms with Crippen LogP contribution in [-0.2, 0) is 0 Å².